The lowest BCUT2D eigenvalue weighted by atomic mass is 9.71. The highest BCUT2D eigenvalue weighted by Crippen LogP contribution is 2.40. The monoisotopic (exact) mass is 279 g/mol. The van der Waals surface area contributed by atoms with Gasteiger partial charge in [-0.3, -0.25) is 4.68 Å². The average Bonchev–Trinajstić information content (AvgIpc) is 2.89. The second-order valence-corrected chi connectivity index (χ2v) is 7.12. The molecule has 1 saturated carbocycles. The van der Waals surface area contributed by atoms with E-state index in [0.29, 0.717) is 12.0 Å². The molecule has 1 aromatic rings. The third kappa shape index (κ3) is 3.83. The summed E-state index contributed by atoms with van der Waals surface area (Å²) in [5.74, 6) is 0. The van der Waals surface area contributed by atoms with Gasteiger partial charge in [-0.1, -0.05) is 13.8 Å². The first-order chi connectivity index (χ1) is 9.34. The van der Waals surface area contributed by atoms with E-state index < -0.39 is 5.60 Å². The Labute approximate surface area is 122 Å². The summed E-state index contributed by atoms with van der Waals surface area (Å²) in [6.45, 7) is 10.4. The number of aromatic nitrogens is 2. The smallest absolute Gasteiger partial charge is 0.0772 e. The molecular formula is C16H29N3O. The summed E-state index contributed by atoms with van der Waals surface area (Å²) in [5.41, 5.74) is 1.04. The maximum atomic E-state index is 10.7. The lowest BCUT2D eigenvalue weighted by molar-refractivity contribution is -0.0258. The topological polar surface area (TPSA) is 50.1 Å². The largest absolute Gasteiger partial charge is 0.389 e. The molecule has 4 nitrogen and oxygen atoms in total. The first-order valence-corrected chi connectivity index (χ1v) is 7.82. The normalized spacial score (nSPS) is 22.6. The van der Waals surface area contributed by atoms with E-state index in [1.165, 1.54) is 5.56 Å². The molecule has 2 rings (SSSR count). The number of nitrogens with one attached hydrogen (secondary N) is 1. The van der Waals surface area contributed by atoms with Gasteiger partial charge in [0.25, 0.3) is 0 Å². The zero-order valence-corrected chi connectivity index (χ0v) is 13.3. The number of nitrogens with zero attached hydrogens (tertiary/aromatic N) is 2. The summed E-state index contributed by atoms with van der Waals surface area (Å²) in [7, 11) is 0. The van der Waals surface area contributed by atoms with Gasteiger partial charge in [0.1, 0.15) is 0 Å². The molecule has 4 heteroatoms. The van der Waals surface area contributed by atoms with Crippen LogP contribution in [0.5, 0.6) is 0 Å². The summed E-state index contributed by atoms with van der Waals surface area (Å²) < 4.78 is 1.94. The second-order valence-electron chi connectivity index (χ2n) is 7.12. The standard InChI is InChI=1S/C16H29N3O/c1-5-19-11-14(10-18-19)13(2)17-12-16(20)8-6-15(3,4)7-9-16/h10-11,13,17,20H,5-9,12H2,1-4H3. The van der Waals surface area contributed by atoms with Crippen LogP contribution in [0, 0.1) is 5.41 Å². The summed E-state index contributed by atoms with van der Waals surface area (Å²) in [6.07, 6.45) is 7.99. The Balaban J connectivity index is 1.85. The molecule has 0 amide bonds. The molecule has 1 aliphatic carbocycles. The molecule has 1 aromatic heterocycles. The summed E-state index contributed by atoms with van der Waals surface area (Å²) in [5, 5.41) is 18.4. The molecular weight excluding hydrogens is 250 g/mol. The molecule has 0 spiro atoms. The maximum absolute atomic E-state index is 10.7. The van der Waals surface area contributed by atoms with Gasteiger partial charge in [0.05, 0.1) is 11.8 Å². The molecule has 0 saturated heterocycles. The number of hydrogen-bond acceptors (Lipinski definition) is 3. The lowest BCUT2D eigenvalue weighted by Gasteiger charge is -2.40. The van der Waals surface area contributed by atoms with Crippen molar-refractivity contribution in [3.8, 4) is 0 Å². The Morgan fingerprint density at radius 1 is 1.35 bits per heavy atom. The van der Waals surface area contributed by atoms with Gasteiger partial charge in [-0.25, -0.2) is 0 Å². The zero-order chi connectivity index (χ0) is 14.8. The minimum Gasteiger partial charge on any atom is -0.389 e. The second kappa shape index (κ2) is 5.86. The molecule has 1 heterocycles. The van der Waals surface area contributed by atoms with Crippen LogP contribution in [0.15, 0.2) is 12.4 Å². The van der Waals surface area contributed by atoms with Crippen LogP contribution in [0.2, 0.25) is 0 Å². The van der Waals surface area contributed by atoms with E-state index in [1.807, 2.05) is 10.9 Å². The molecule has 114 valence electrons. The van der Waals surface area contributed by atoms with Gasteiger partial charge in [-0.15, -0.1) is 0 Å². The molecule has 20 heavy (non-hydrogen) atoms. The first-order valence-electron chi connectivity index (χ1n) is 7.82. The Hall–Kier alpha value is -0.870. The van der Waals surface area contributed by atoms with Crippen molar-refractivity contribution in [3.05, 3.63) is 18.0 Å². The number of aliphatic hydroxyl groups is 1. The lowest BCUT2D eigenvalue weighted by Crippen LogP contribution is -2.45. The minimum atomic E-state index is -0.537. The summed E-state index contributed by atoms with van der Waals surface area (Å²) in [6, 6.07) is 0.231. The van der Waals surface area contributed by atoms with Gasteiger partial charge in [0.15, 0.2) is 0 Å². The summed E-state index contributed by atoms with van der Waals surface area (Å²) >= 11 is 0. The maximum Gasteiger partial charge on any atom is 0.0772 e. The zero-order valence-electron chi connectivity index (χ0n) is 13.3. The van der Waals surface area contributed by atoms with Crippen molar-refractivity contribution in [3.63, 3.8) is 0 Å². The molecule has 1 fully saturated rings. The van der Waals surface area contributed by atoms with Crippen molar-refractivity contribution < 1.29 is 5.11 Å². The van der Waals surface area contributed by atoms with Gasteiger partial charge in [0, 0.05) is 30.9 Å². The van der Waals surface area contributed by atoms with Crippen LogP contribution in [0.4, 0.5) is 0 Å². The van der Waals surface area contributed by atoms with E-state index in [9.17, 15) is 5.11 Å². The fourth-order valence-electron chi connectivity index (χ4n) is 2.81. The van der Waals surface area contributed by atoms with Crippen molar-refractivity contribution in [2.45, 2.75) is 71.6 Å². The number of rotatable bonds is 5. The highest BCUT2D eigenvalue weighted by atomic mass is 16.3. The molecule has 0 bridgehead atoms. The fraction of sp³-hybridized carbons (Fsp3) is 0.812. The molecule has 0 aromatic carbocycles. The highest BCUT2D eigenvalue weighted by Gasteiger charge is 2.36. The third-order valence-corrected chi connectivity index (χ3v) is 4.75. The van der Waals surface area contributed by atoms with Gasteiger partial charge in [0.2, 0.25) is 0 Å². The van der Waals surface area contributed by atoms with E-state index in [4.69, 9.17) is 0 Å². The molecule has 0 radical (unpaired) electrons. The highest BCUT2D eigenvalue weighted by molar-refractivity contribution is 5.09. The van der Waals surface area contributed by atoms with Gasteiger partial charge in [-0.2, -0.15) is 5.10 Å². The van der Waals surface area contributed by atoms with E-state index in [0.717, 1.165) is 32.2 Å². The van der Waals surface area contributed by atoms with Crippen LogP contribution in [0.3, 0.4) is 0 Å². The number of aryl methyl sites for hydroxylation is 1. The van der Waals surface area contributed by atoms with Gasteiger partial charge in [-0.05, 0) is 44.9 Å². The van der Waals surface area contributed by atoms with Crippen LogP contribution in [-0.2, 0) is 6.54 Å². The quantitative estimate of drug-likeness (QED) is 0.871. The predicted molar refractivity (Wildman–Crippen MR) is 81.5 cm³/mol. The van der Waals surface area contributed by atoms with Crippen molar-refractivity contribution in [2.24, 2.45) is 5.41 Å². The fourth-order valence-corrected chi connectivity index (χ4v) is 2.81. The molecule has 0 aliphatic heterocycles. The van der Waals surface area contributed by atoms with E-state index in [1.54, 1.807) is 0 Å². The molecule has 1 aliphatic rings. The first kappa shape index (κ1) is 15.5. The van der Waals surface area contributed by atoms with Crippen LogP contribution in [-0.4, -0.2) is 27.0 Å². The van der Waals surface area contributed by atoms with E-state index >= 15 is 0 Å². The van der Waals surface area contributed by atoms with Crippen LogP contribution >= 0.6 is 0 Å². The van der Waals surface area contributed by atoms with E-state index in [-0.39, 0.29) is 6.04 Å². The van der Waals surface area contributed by atoms with Crippen molar-refractivity contribution in [1.82, 2.24) is 15.1 Å². The third-order valence-electron chi connectivity index (χ3n) is 4.75. The van der Waals surface area contributed by atoms with Gasteiger partial charge < -0.3 is 10.4 Å². The van der Waals surface area contributed by atoms with Crippen LogP contribution in [0.1, 0.15) is 65.0 Å². The van der Waals surface area contributed by atoms with Crippen molar-refractivity contribution >= 4 is 0 Å². The van der Waals surface area contributed by atoms with Crippen molar-refractivity contribution in [2.75, 3.05) is 6.54 Å². The average molecular weight is 279 g/mol. The number of hydrogen-bond donors (Lipinski definition) is 2. The van der Waals surface area contributed by atoms with Crippen LogP contribution in [0.25, 0.3) is 0 Å². The Bertz CT molecular complexity index is 429. The minimum absolute atomic E-state index is 0.231. The Morgan fingerprint density at radius 2 is 2.00 bits per heavy atom. The predicted octanol–water partition coefficient (Wildman–Crippen LogP) is 2.88. The van der Waals surface area contributed by atoms with Crippen LogP contribution < -0.4 is 5.32 Å². The SMILES string of the molecule is CCn1cc(C(C)NCC2(O)CCC(C)(C)CC2)cn1. The Kier molecular flexibility index (Phi) is 4.55. The molecule has 1 atom stereocenters. The van der Waals surface area contributed by atoms with Gasteiger partial charge >= 0.3 is 0 Å². The Morgan fingerprint density at radius 3 is 2.55 bits per heavy atom. The van der Waals surface area contributed by atoms with E-state index in [2.05, 4.69) is 44.3 Å². The summed E-state index contributed by atoms with van der Waals surface area (Å²) in [4.78, 5) is 0. The molecule has 1 unspecified atom stereocenters. The molecule has 2 N–H and O–H groups in total. The van der Waals surface area contributed by atoms with Crippen molar-refractivity contribution in [1.29, 1.82) is 0 Å².